The van der Waals surface area contributed by atoms with Crippen molar-refractivity contribution in [3.05, 3.63) is 77.1 Å². The zero-order valence-corrected chi connectivity index (χ0v) is 18.2. The van der Waals surface area contributed by atoms with Gasteiger partial charge in [0, 0.05) is 29.6 Å². The number of aromatic nitrogens is 6. The second-order valence-corrected chi connectivity index (χ2v) is 8.03. The number of para-hydroxylation sites is 1. The number of aryl methyl sites for hydroxylation is 2. The summed E-state index contributed by atoms with van der Waals surface area (Å²) in [6.07, 6.45) is 3.05. The van der Waals surface area contributed by atoms with Gasteiger partial charge in [0.05, 0.1) is 11.2 Å². The number of unbranched alkanes of at least 4 members (excludes halogenated alkanes) is 1. The molecule has 0 unspecified atom stereocenters. The van der Waals surface area contributed by atoms with E-state index in [2.05, 4.69) is 71.1 Å². The van der Waals surface area contributed by atoms with Crippen molar-refractivity contribution in [2.45, 2.75) is 46.6 Å². The molecule has 0 amide bonds. The van der Waals surface area contributed by atoms with Crippen LogP contribution in [0.5, 0.6) is 0 Å². The Bertz CT molecular complexity index is 1360. The summed E-state index contributed by atoms with van der Waals surface area (Å²) in [5.74, 6) is 0.521. The number of benzene rings is 2. The van der Waals surface area contributed by atoms with Gasteiger partial charge in [-0.05, 0) is 31.9 Å². The summed E-state index contributed by atoms with van der Waals surface area (Å²) in [7, 11) is 0. The minimum atomic E-state index is 0.521. The maximum absolute atomic E-state index is 4.95. The van der Waals surface area contributed by atoms with Crippen molar-refractivity contribution in [2.24, 2.45) is 0 Å². The van der Waals surface area contributed by atoms with Crippen LogP contribution in [-0.4, -0.2) is 29.5 Å². The molecule has 0 aliphatic heterocycles. The van der Waals surface area contributed by atoms with Gasteiger partial charge in [0.1, 0.15) is 5.52 Å². The molecule has 0 fully saturated rings. The van der Waals surface area contributed by atoms with E-state index in [1.807, 2.05) is 23.7 Å². The summed E-state index contributed by atoms with van der Waals surface area (Å²) in [5.41, 5.74) is 7.40. The number of fused-ring (bicyclic) bond motifs is 3. The second-order valence-electron chi connectivity index (χ2n) is 8.03. The predicted octanol–water partition coefficient (Wildman–Crippen LogP) is 5.17. The minimum absolute atomic E-state index is 0.521. The Labute approximate surface area is 181 Å². The molecular formula is C25H26N6. The molecule has 5 aromatic rings. The molecule has 0 N–H and O–H groups in total. The average Bonchev–Trinajstić information content (AvgIpc) is 3.27. The van der Waals surface area contributed by atoms with E-state index in [4.69, 9.17) is 10.1 Å². The summed E-state index contributed by atoms with van der Waals surface area (Å²) >= 11 is 0. The van der Waals surface area contributed by atoms with Crippen molar-refractivity contribution in [3.63, 3.8) is 0 Å². The lowest BCUT2D eigenvalue weighted by molar-refractivity contribution is 0.656. The third-order valence-electron chi connectivity index (χ3n) is 5.95. The summed E-state index contributed by atoms with van der Waals surface area (Å²) in [5, 5.41) is 14.9. The highest BCUT2D eigenvalue weighted by Gasteiger charge is 2.19. The summed E-state index contributed by atoms with van der Waals surface area (Å²) in [6.45, 7) is 7.25. The van der Waals surface area contributed by atoms with E-state index in [9.17, 15) is 0 Å². The van der Waals surface area contributed by atoms with Gasteiger partial charge in [-0.1, -0.05) is 61.9 Å². The number of hydrogen-bond donors (Lipinski definition) is 0. The summed E-state index contributed by atoms with van der Waals surface area (Å²) < 4.78 is 4.10. The lowest BCUT2D eigenvalue weighted by Gasteiger charge is -2.07. The molecule has 0 aliphatic carbocycles. The molecule has 31 heavy (non-hydrogen) atoms. The summed E-state index contributed by atoms with van der Waals surface area (Å²) in [6, 6.07) is 18.8. The molecule has 0 atom stereocenters. The molecule has 2 aromatic carbocycles. The van der Waals surface area contributed by atoms with Crippen LogP contribution in [0.15, 0.2) is 54.6 Å². The maximum Gasteiger partial charge on any atom is 0.272 e. The normalized spacial score (nSPS) is 11.6. The van der Waals surface area contributed by atoms with Crippen LogP contribution >= 0.6 is 0 Å². The number of hydrogen-bond acceptors (Lipinski definition) is 4. The van der Waals surface area contributed by atoms with Crippen LogP contribution in [0.25, 0.3) is 28.0 Å². The standard InChI is InChI=1S/C25H26N6/c1-4-5-15-30-22-14-10-9-13-20(22)23-24(30)26-25(28-27-23)31-18(3)21(17(2)29-31)16-19-11-7-6-8-12-19/h6-14H,4-5,15-16H2,1-3H3. The Morgan fingerprint density at radius 1 is 0.903 bits per heavy atom. The monoisotopic (exact) mass is 410 g/mol. The quantitative estimate of drug-likeness (QED) is 0.387. The number of rotatable bonds is 6. The van der Waals surface area contributed by atoms with Gasteiger partial charge >= 0.3 is 0 Å². The molecular weight excluding hydrogens is 384 g/mol. The topological polar surface area (TPSA) is 61.4 Å². The van der Waals surface area contributed by atoms with Crippen LogP contribution in [0, 0.1) is 13.8 Å². The van der Waals surface area contributed by atoms with Gasteiger partial charge < -0.3 is 4.57 Å². The van der Waals surface area contributed by atoms with Crippen LogP contribution in [0.2, 0.25) is 0 Å². The van der Waals surface area contributed by atoms with E-state index in [0.717, 1.165) is 59.3 Å². The van der Waals surface area contributed by atoms with Crippen LogP contribution < -0.4 is 0 Å². The fourth-order valence-electron chi connectivity index (χ4n) is 4.25. The van der Waals surface area contributed by atoms with E-state index in [1.165, 1.54) is 11.1 Å². The smallest absolute Gasteiger partial charge is 0.272 e. The van der Waals surface area contributed by atoms with Crippen molar-refractivity contribution in [1.82, 2.24) is 29.5 Å². The van der Waals surface area contributed by atoms with Gasteiger partial charge in [-0.25, -0.2) is 4.68 Å². The van der Waals surface area contributed by atoms with Crippen LogP contribution in [0.3, 0.4) is 0 Å². The molecule has 3 heterocycles. The Balaban J connectivity index is 1.63. The first kappa shape index (κ1) is 19.4. The molecule has 0 radical (unpaired) electrons. The van der Waals surface area contributed by atoms with Gasteiger partial charge in [-0.3, -0.25) is 0 Å². The Morgan fingerprint density at radius 2 is 1.68 bits per heavy atom. The molecule has 156 valence electrons. The fourth-order valence-corrected chi connectivity index (χ4v) is 4.25. The second kappa shape index (κ2) is 7.95. The third kappa shape index (κ3) is 3.38. The van der Waals surface area contributed by atoms with Crippen molar-refractivity contribution >= 4 is 22.1 Å². The Morgan fingerprint density at radius 3 is 2.48 bits per heavy atom. The molecule has 0 bridgehead atoms. The van der Waals surface area contributed by atoms with E-state index >= 15 is 0 Å². The number of nitrogens with zero attached hydrogens (tertiary/aromatic N) is 6. The Hall–Kier alpha value is -3.54. The molecule has 0 spiro atoms. The lowest BCUT2D eigenvalue weighted by atomic mass is 10.0. The van der Waals surface area contributed by atoms with Crippen molar-refractivity contribution < 1.29 is 0 Å². The van der Waals surface area contributed by atoms with Gasteiger partial charge in [0.25, 0.3) is 5.95 Å². The van der Waals surface area contributed by atoms with Gasteiger partial charge in [-0.2, -0.15) is 10.1 Å². The highest BCUT2D eigenvalue weighted by molar-refractivity contribution is 6.04. The van der Waals surface area contributed by atoms with E-state index < -0.39 is 0 Å². The first-order valence-electron chi connectivity index (χ1n) is 10.9. The van der Waals surface area contributed by atoms with Crippen molar-refractivity contribution in [2.75, 3.05) is 0 Å². The van der Waals surface area contributed by atoms with E-state index in [1.54, 1.807) is 0 Å². The molecule has 0 aliphatic rings. The van der Waals surface area contributed by atoms with Crippen molar-refractivity contribution in [1.29, 1.82) is 0 Å². The van der Waals surface area contributed by atoms with Gasteiger partial charge in [0.15, 0.2) is 5.65 Å². The fraction of sp³-hybridized carbons (Fsp3) is 0.280. The highest BCUT2D eigenvalue weighted by Crippen LogP contribution is 2.27. The largest absolute Gasteiger partial charge is 0.324 e. The van der Waals surface area contributed by atoms with Crippen LogP contribution in [0.4, 0.5) is 0 Å². The van der Waals surface area contributed by atoms with Gasteiger partial charge in [0.2, 0.25) is 0 Å². The molecule has 5 rings (SSSR count). The molecule has 0 saturated heterocycles. The first-order chi connectivity index (χ1) is 15.2. The maximum atomic E-state index is 4.95. The SMILES string of the molecule is CCCCn1c2ccccc2c2nnc(-n3nc(C)c(Cc4ccccc4)c3C)nc21. The molecule has 6 heteroatoms. The first-order valence-corrected chi connectivity index (χ1v) is 10.9. The third-order valence-corrected chi connectivity index (χ3v) is 5.95. The molecule has 3 aromatic heterocycles. The molecule has 0 saturated carbocycles. The zero-order valence-electron chi connectivity index (χ0n) is 18.2. The molecule has 6 nitrogen and oxygen atoms in total. The van der Waals surface area contributed by atoms with Crippen LogP contribution in [-0.2, 0) is 13.0 Å². The Kier molecular flexibility index (Phi) is 4.98. The summed E-state index contributed by atoms with van der Waals surface area (Å²) in [4.78, 5) is 4.95. The lowest BCUT2D eigenvalue weighted by Crippen LogP contribution is -2.08. The van der Waals surface area contributed by atoms with Crippen LogP contribution in [0.1, 0.15) is 42.3 Å². The highest BCUT2D eigenvalue weighted by atomic mass is 15.4. The van der Waals surface area contributed by atoms with Crippen molar-refractivity contribution in [3.8, 4) is 5.95 Å². The zero-order chi connectivity index (χ0) is 21.4. The van der Waals surface area contributed by atoms with E-state index in [-0.39, 0.29) is 0 Å². The van der Waals surface area contributed by atoms with Gasteiger partial charge in [-0.15, -0.1) is 10.2 Å². The predicted molar refractivity (Wildman–Crippen MR) is 124 cm³/mol. The minimum Gasteiger partial charge on any atom is -0.324 e. The van der Waals surface area contributed by atoms with E-state index in [0.29, 0.717) is 5.95 Å². The average molecular weight is 411 g/mol.